The number of nitrogens with zero attached hydrogens (tertiary/aromatic N) is 2. The van der Waals surface area contributed by atoms with E-state index in [2.05, 4.69) is 26.2 Å². The Morgan fingerprint density at radius 1 is 1.08 bits per heavy atom. The number of nitrogens with two attached hydrogens (primary N) is 1. The third-order valence-corrected chi connectivity index (χ3v) is 6.51. The van der Waals surface area contributed by atoms with Crippen LogP contribution in [0.4, 0.5) is 17.1 Å². The Kier molecular flexibility index (Phi) is 10.9. The Morgan fingerprint density at radius 3 is 2.42 bits per heavy atom. The van der Waals surface area contributed by atoms with Crippen LogP contribution in [0.15, 0.2) is 64.8 Å². The molecule has 9 nitrogen and oxygen atoms in total. The van der Waals surface area contributed by atoms with Gasteiger partial charge in [-0.2, -0.15) is 0 Å². The van der Waals surface area contributed by atoms with Gasteiger partial charge in [0.2, 0.25) is 5.91 Å². The molecule has 3 rings (SSSR count). The molecule has 0 unspecified atom stereocenters. The SMILES string of the molecule is CCOC(=O)C(N)=C1CCN(c2ccc(NC(=O)CCCCCBr)cc2)C(=O)C1=Nc1ccc(OC)cc1. The van der Waals surface area contributed by atoms with Crippen LogP contribution in [0.2, 0.25) is 0 Å². The van der Waals surface area contributed by atoms with Crippen LogP contribution in [0.1, 0.15) is 39.0 Å². The molecule has 10 heteroatoms. The maximum atomic E-state index is 13.6. The second kappa shape index (κ2) is 14.3. The molecule has 38 heavy (non-hydrogen) atoms. The molecule has 1 fully saturated rings. The average Bonchev–Trinajstić information content (AvgIpc) is 2.93. The number of piperidine rings is 1. The summed E-state index contributed by atoms with van der Waals surface area (Å²) in [7, 11) is 1.56. The maximum absolute atomic E-state index is 13.6. The van der Waals surface area contributed by atoms with Gasteiger partial charge in [-0.3, -0.25) is 9.59 Å². The Bertz CT molecular complexity index is 1190. The third kappa shape index (κ3) is 7.67. The summed E-state index contributed by atoms with van der Waals surface area (Å²) in [4.78, 5) is 44.4. The number of alkyl halides is 1. The zero-order valence-corrected chi connectivity index (χ0v) is 23.3. The van der Waals surface area contributed by atoms with Crippen molar-refractivity contribution < 1.29 is 23.9 Å². The minimum atomic E-state index is -0.682. The molecule has 0 radical (unpaired) electrons. The van der Waals surface area contributed by atoms with E-state index >= 15 is 0 Å². The van der Waals surface area contributed by atoms with E-state index in [1.807, 2.05) is 0 Å². The van der Waals surface area contributed by atoms with E-state index in [4.69, 9.17) is 15.2 Å². The number of benzene rings is 2. The summed E-state index contributed by atoms with van der Waals surface area (Å²) < 4.78 is 10.3. The lowest BCUT2D eigenvalue weighted by Gasteiger charge is -2.30. The number of carbonyl (C=O) groups is 3. The van der Waals surface area contributed by atoms with E-state index in [9.17, 15) is 14.4 Å². The highest BCUT2D eigenvalue weighted by atomic mass is 79.9. The number of hydrogen-bond acceptors (Lipinski definition) is 7. The second-order valence-electron chi connectivity index (χ2n) is 8.57. The summed E-state index contributed by atoms with van der Waals surface area (Å²) in [6, 6.07) is 14.0. The molecule has 1 aliphatic heterocycles. The van der Waals surface area contributed by atoms with E-state index in [1.165, 1.54) is 0 Å². The summed E-state index contributed by atoms with van der Waals surface area (Å²) >= 11 is 3.39. The molecule has 2 amide bonds. The molecule has 0 aromatic heterocycles. The maximum Gasteiger partial charge on any atom is 0.354 e. The fraction of sp³-hybridized carbons (Fsp3) is 0.357. The number of nitrogens with one attached hydrogen (secondary N) is 1. The van der Waals surface area contributed by atoms with Crippen molar-refractivity contribution in [2.75, 3.05) is 35.8 Å². The number of amides is 2. The van der Waals surface area contributed by atoms with Crippen molar-refractivity contribution in [1.82, 2.24) is 0 Å². The number of hydrogen-bond donors (Lipinski definition) is 2. The van der Waals surface area contributed by atoms with Crippen molar-refractivity contribution in [3.05, 3.63) is 59.8 Å². The third-order valence-electron chi connectivity index (χ3n) is 5.95. The Morgan fingerprint density at radius 2 is 1.79 bits per heavy atom. The van der Waals surface area contributed by atoms with E-state index in [0.717, 1.165) is 24.6 Å². The summed E-state index contributed by atoms with van der Waals surface area (Å²) in [5, 5.41) is 3.83. The van der Waals surface area contributed by atoms with Crippen LogP contribution in [-0.2, 0) is 19.1 Å². The number of halogens is 1. The molecule has 202 valence electrons. The number of aliphatic imine (C=N–C) groups is 1. The molecule has 3 N–H and O–H groups in total. The summed E-state index contributed by atoms with van der Waals surface area (Å²) in [5.41, 5.74) is 8.24. The molecule has 1 aliphatic rings. The monoisotopic (exact) mass is 584 g/mol. The number of esters is 1. The minimum Gasteiger partial charge on any atom is -0.497 e. The molecule has 0 saturated carbocycles. The van der Waals surface area contributed by atoms with E-state index in [-0.39, 0.29) is 23.9 Å². The molecule has 1 heterocycles. The molecular formula is C28H33BrN4O5. The van der Waals surface area contributed by atoms with Gasteiger partial charge in [-0.1, -0.05) is 22.4 Å². The van der Waals surface area contributed by atoms with Crippen LogP contribution in [0.25, 0.3) is 0 Å². The lowest BCUT2D eigenvalue weighted by Crippen LogP contribution is -2.44. The van der Waals surface area contributed by atoms with Gasteiger partial charge in [-0.25, -0.2) is 9.79 Å². The van der Waals surface area contributed by atoms with Gasteiger partial charge in [0.25, 0.3) is 5.91 Å². The highest BCUT2D eigenvalue weighted by Crippen LogP contribution is 2.28. The van der Waals surface area contributed by atoms with Crippen LogP contribution in [0, 0.1) is 0 Å². The minimum absolute atomic E-state index is 0.0421. The molecule has 0 spiro atoms. The summed E-state index contributed by atoms with van der Waals surface area (Å²) in [5.74, 6) is -0.464. The van der Waals surface area contributed by atoms with Gasteiger partial charge in [0, 0.05) is 35.2 Å². The lowest BCUT2D eigenvalue weighted by molar-refractivity contribution is -0.138. The molecule has 0 aliphatic carbocycles. The first-order valence-corrected chi connectivity index (χ1v) is 13.7. The van der Waals surface area contributed by atoms with E-state index in [0.29, 0.717) is 47.8 Å². The van der Waals surface area contributed by atoms with Gasteiger partial charge in [0.1, 0.15) is 17.2 Å². The van der Waals surface area contributed by atoms with Gasteiger partial charge < -0.3 is 25.4 Å². The highest BCUT2D eigenvalue weighted by Gasteiger charge is 2.33. The van der Waals surface area contributed by atoms with Crippen molar-refractivity contribution in [1.29, 1.82) is 0 Å². The molecule has 2 aromatic rings. The zero-order chi connectivity index (χ0) is 27.5. The standard InChI is InChI=1S/C28H33BrN4O5/c1-3-38-28(36)25(30)23-16-18-33(27(35)26(23)32-20-10-14-22(37-2)15-11-20)21-12-8-19(9-13-21)31-24(34)7-5-4-6-17-29/h8-15H,3-7,16-18,30H2,1-2H3,(H,31,34). The number of unbranched alkanes of at least 4 members (excludes halogenated alkanes) is 2. The predicted octanol–water partition coefficient (Wildman–Crippen LogP) is 4.87. The normalized spacial score (nSPS) is 15.8. The molecule has 0 atom stereocenters. The van der Waals surface area contributed by atoms with Crippen molar-refractivity contribution >= 4 is 56.5 Å². The molecule has 2 aromatic carbocycles. The number of carbonyl (C=O) groups excluding carboxylic acids is 3. The van der Waals surface area contributed by atoms with Gasteiger partial charge in [-0.15, -0.1) is 0 Å². The highest BCUT2D eigenvalue weighted by molar-refractivity contribution is 9.09. The van der Waals surface area contributed by atoms with Crippen LogP contribution < -0.4 is 20.7 Å². The van der Waals surface area contributed by atoms with Crippen molar-refractivity contribution in [3.63, 3.8) is 0 Å². The Labute approximate surface area is 231 Å². The van der Waals surface area contributed by atoms with Gasteiger partial charge in [0.15, 0.2) is 0 Å². The van der Waals surface area contributed by atoms with Gasteiger partial charge in [-0.05, 0) is 74.7 Å². The number of rotatable bonds is 11. The second-order valence-corrected chi connectivity index (χ2v) is 9.37. The molecular weight excluding hydrogens is 552 g/mol. The van der Waals surface area contributed by atoms with E-state index in [1.54, 1.807) is 67.5 Å². The number of ether oxygens (including phenoxy) is 2. The van der Waals surface area contributed by atoms with Crippen LogP contribution >= 0.6 is 15.9 Å². The summed E-state index contributed by atoms with van der Waals surface area (Å²) in [6.07, 6.45) is 3.64. The lowest BCUT2D eigenvalue weighted by atomic mass is 9.97. The topological polar surface area (TPSA) is 123 Å². The largest absolute Gasteiger partial charge is 0.497 e. The summed E-state index contributed by atoms with van der Waals surface area (Å²) in [6.45, 7) is 2.15. The van der Waals surface area contributed by atoms with Crippen LogP contribution in [0.5, 0.6) is 5.75 Å². The van der Waals surface area contributed by atoms with Crippen LogP contribution in [-0.4, -0.2) is 49.1 Å². The number of methoxy groups -OCH3 is 1. The zero-order valence-electron chi connectivity index (χ0n) is 21.7. The fourth-order valence-corrected chi connectivity index (χ4v) is 4.34. The molecule has 1 saturated heterocycles. The Hall–Kier alpha value is -3.66. The first-order valence-electron chi connectivity index (χ1n) is 12.5. The van der Waals surface area contributed by atoms with E-state index < -0.39 is 11.9 Å². The first kappa shape index (κ1) is 28.9. The van der Waals surface area contributed by atoms with Crippen molar-refractivity contribution in [2.24, 2.45) is 10.7 Å². The number of anilines is 2. The van der Waals surface area contributed by atoms with Crippen LogP contribution in [0.3, 0.4) is 0 Å². The Balaban J connectivity index is 1.83. The first-order chi connectivity index (χ1) is 18.4. The van der Waals surface area contributed by atoms with Crippen molar-refractivity contribution in [2.45, 2.75) is 39.0 Å². The van der Waals surface area contributed by atoms with Crippen molar-refractivity contribution in [3.8, 4) is 5.75 Å². The fourth-order valence-electron chi connectivity index (χ4n) is 3.95. The quantitative estimate of drug-likeness (QED) is 0.168. The van der Waals surface area contributed by atoms with Gasteiger partial charge in [0.05, 0.1) is 19.4 Å². The predicted molar refractivity (Wildman–Crippen MR) is 152 cm³/mol. The average molecular weight is 585 g/mol. The smallest absolute Gasteiger partial charge is 0.354 e. The van der Waals surface area contributed by atoms with Gasteiger partial charge >= 0.3 is 5.97 Å². The molecule has 0 bridgehead atoms.